The van der Waals surface area contributed by atoms with E-state index >= 15 is 0 Å². The van der Waals surface area contributed by atoms with Crippen molar-refractivity contribution in [3.05, 3.63) is 12.7 Å². The smallest absolute Gasteiger partial charge is 0.305 e. The van der Waals surface area contributed by atoms with E-state index in [2.05, 4.69) is 6.58 Å². The molecule has 1 aliphatic carbocycles. The Hall–Kier alpha value is -1.12. The van der Waals surface area contributed by atoms with Crippen LogP contribution >= 0.6 is 0 Å². The number of esters is 1. The topological polar surface area (TPSA) is 43.4 Å². The summed E-state index contributed by atoms with van der Waals surface area (Å²) in [7, 11) is 0. The highest BCUT2D eigenvalue weighted by molar-refractivity contribution is 5.70. The fraction of sp³-hybridized carbons (Fsp3) is 0.733. The maximum Gasteiger partial charge on any atom is 0.305 e. The van der Waals surface area contributed by atoms with Crippen LogP contribution in [0.1, 0.15) is 45.4 Å². The molecule has 0 aliphatic heterocycles. The SMILES string of the molecule is C=CC1CCC(C(C=O)CCC(=O)OCC)CC1. The fourth-order valence-electron chi connectivity index (χ4n) is 2.74. The van der Waals surface area contributed by atoms with E-state index in [9.17, 15) is 9.59 Å². The van der Waals surface area contributed by atoms with Crippen LogP contribution in [0.5, 0.6) is 0 Å². The van der Waals surface area contributed by atoms with Gasteiger partial charge in [0.1, 0.15) is 6.29 Å². The average molecular weight is 252 g/mol. The van der Waals surface area contributed by atoms with Gasteiger partial charge in [0.15, 0.2) is 0 Å². The van der Waals surface area contributed by atoms with Crippen LogP contribution < -0.4 is 0 Å². The Labute approximate surface area is 110 Å². The van der Waals surface area contributed by atoms with Gasteiger partial charge in [-0.05, 0) is 50.9 Å². The standard InChI is InChI=1S/C15H24O3/c1-3-12-5-7-13(8-6-12)14(11-16)9-10-15(17)18-4-2/h3,11-14H,1,4-10H2,2H3. The van der Waals surface area contributed by atoms with E-state index in [4.69, 9.17) is 4.74 Å². The van der Waals surface area contributed by atoms with Gasteiger partial charge in [0.25, 0.3) is 0 Å². The zero-order chi connectivity index (χ0) is 13.4. The summed E-state index contributed by atoms with van der Waals surface area (Å²) in [5.74, 6) is 0.871. The summed E-state index contributed by atoms with van der Waals surface area (Å²) in [4.78, 5) is 22.4. The predicted octanol–water partition coefficient (Wildman–Crippen LogP) is 3.14. The van der Waals surface area contributed by atoms with Gasteiger partial charge in [-0.3, -0.25) is 4.79 Å². The van der Waals surface area contributed by atoms with Crippen molar-refractivity contribution in [2.45, 2.75) is 45.4 Å². The molecule has 0 N–H and O–H groups in total. The van der Waals surface area contributed by atoms with Gasteiger partial charge >= 0.3 is 5.97 Å². The summed E-state index contributed by atoms with van der Waals surface area (Å²) in [5.41, 5.74) is 0. The van der Waals surface area contributed by atoms with Gasteiger partial charge in [0.2, 0.25) is 0 Å². The summed E-state index contributed by atoms with van der Waals surface area (Å²) in [5, 5.41) is 0. The van der Waals surface area contributed by atoms with E-state index in [1.807, 2.05) is 6.08 Å². The van der Waals surface area contributed by atoms with Crippen LogP contribution in [0.15, 0.2) is 12.7 Å². The van der Waals surface area contributed by atoms with Crippen molar-refractivity contribution in [1.82, 2.24) is 0 Å². The molecule has 0 heterocycles. The number of carbonyl (C=O) groups excluding carboxylic acids is 2. The second-order valence-electron chi connectivity index (χ2n) is 5.05. The van der Waals surface area contributed by atoms with Gasteiger partial charge in [-0.1, -0.05) is 6.08 Å². The van der Waals surface area contributed by atoms with Gasteiger partial charge in [-0.25, -0.2) is 0 Å². The van der Waals surface area contributed by atoms with Crippen LogP contribution in [0.25, 0.3) is 0 Å². The molecule has 0 aromatic carbocycles. The molecule has 0 spiro atoms. The highest BCUT2D eigenvalue weighted by Crippen LogP contribution is 2.34. The molecule has 0 bridgehead atoms. The molecule has 1 atom stereocenters. The van der Waals surface area contributed by atoms with Crippen molar-refractivity contribution in [3.8, 4) is 0 Å². The molecular formula is C15H24O3. The van der Waals surface area contributed by atoms with Gasteiger partial charge in [-0.2, -0.15) is 0 Å². The zero-order valence-electron chi connectivity index (χ0n) is 11.3. The molecule has 3 heteroatoms. The van der Waals surface area contributed by atoms with Gasteiger partial charge in [0.05, 0.1) is 6.61 Å². The van der Waals surface area contributed by atoms with Crippen molar-refractivity contribution >= 4 is 12.3 Å². The first kappa shape index (κ1) is 14.9. The molecule has 102 valence electrons. The summed E-state index contributed by atoms with van der Waals surface area (Å²) in [6, 6.07) is 0. The summed E-state index contributed by atoms with van der Waals surface area (Å²) in [6.07, 6.45) is 8.43. The average Bonchev–Trinajstić information content (AvgIpc) is 2.40. The molecule has 1 aliphatic rings. The Morgan fingerprint density at radius 2 is 2.06 bits per heavy atom. The first-order chi connectivity index (χ1) is 8.71. The van der Waals surface area contributed by atoms with Crippen LogP contribution in [0.4, 0.5) is 0 Å². The van der Waals surface area contributed by atoms with Crippen molar-refractivity contribution in [2.24, 2.45) is 17.8 Å². The maximum atomic E-state index is 11.3. The predicted molar refractivity (Wildman–Crippen MR) is 71.1 cm³/mol. The van der Waals surface area contributed by atoms with Crippen molar-refractivity contribution < 1.29 is 14.3 Å². The minimum Gasteiger partial charge on any atom is -0.466 e. The van der Waals surface area contributed by atoms with E-state index < -0.39 is 0 Å². The van der Waals surface area contributed by atoms with Crippen LogP contribution in [0, 0.1) is 17.8 Å². The number of carbonyl (C=O) groups is 2. The van der Waals surface area contributed by atoms with Crippen LogP contribution in [-0.2, 0) is 14.3 Å². The third-order valence-corrected chi connectivity index (χ3v) is 3.92. The molecule has 1 unspecified atom stereocenters. The Morgan fingerprint density at radius 3 is 2.56 bits per heavy atom. The minimum atomic E-state index is -0.191. The number of hydrogen-bond donors (Lipinski definition) is 0. The van der Waals surface area contributed by atoms with Crippen LogP contribution in [-0.4, -0.2) is 18.9 Å². The van der Waals surface area contributed by atoms with Crippen molar-refractivity contribution in [2.75, 3.05) is 6.61 Å². The minimum absolute atomic E-state index is 0.0140. The summed E-state index contributed by atoms with van der Waals surface area (Å²) in [6.45, 7) is 6.03. The van der Waals surface area contributed by atoms with Crippen LogP contribution in [0.2, 0.25) is 0 Å². The lowest BCUT2D eigenvalue weighted by atomic mass is 9.75. The third-order valence-electron chi connectivity index (χ3n) is 3.92. The second-order valence-corrected chi connectivity index (χ2v) is 5.05. The van der Waals surface area contributed by atoms with E-state index in [1.165, 1.54) is 0 Å². The van der Waals surface area contributed by atoms with Gasteiger partial charge in [-0.15, -0.1) is 6.58 Å². The van der Waals surface area contributed by atoms with Crippen LogP contribution in [0.3, 0.4) is 0 Å². The Balaban J connectivity index is 2.35. The molecule has 1 saturated carbocycles. The molecule has 0 amide bonds. The second kappa shape index (κ2) is 8.06. The molecule has 0 saturated heterocycles. The maximum absolute atomic E-state index is 11.3. The van der Waals surface area contributed by atoms with Gasteiger partial charge < -0.3 is 9.53 Å². The Bertz CT molecular complexity index is 277. The molecule has 1 fully saturated rings. The molecule has 1 rings (SSSR count). The van der Waals surface area contributed by atoms with E-state index in [-0.39, 0.29) is 11.9 Å². The lowest BCUT2D eigenvalue weighted by Crippen LogP contribution is -2.23. The Kier molecular flexibility index (Phi) is 6.69. The molecule has 0 aromatic heterocycles. The van der Waals surface area contributed by atoms with E-state index in [0.29, 0.717) is 31.3 Å². The first-order valence-corrected chi connectivity index (χ1v) is 6.94. The number of ether oxygens (including phenoxy) is 1. The molecular weight excluding hydrogens is 228 g/mol. The van der Waals surface area contributed by atoms with E-state index in [0.717, 1.165) is 32.0 Å². The quantitative estimate of drug-likeness (QED) is 0.397. The largest absolute Gasteiger partial charge is 0.466 e. The molecule has 0 radical (unpaired) electrons. The number of aldehydes is 1. The zero-order valence-corrected chi connectivity index (χ0v) is 11.3. The van der Waals surface area contributed by atoms with Crippen molar-refractivity contribution in [3.63, 3.8) is 0 Å². The first-order valence-electron chi connectivity index (χ1n) is 6.94. The number of rotatable bonds is 7. The van der Waals surface area contributed by atoms with Gasteiger partial charge in [0, 0.05) is 12.3 Å². The molecule has 18 heavy (non-hydrogen) atoms. The highest BCUT2D eigenvalue weighted by atomic mass is 16.5. The highest BCUT2D eigenvalue weighted by Gasteiger charge is 2.26. The number of hydrogen-bond acceptors (Lipinski definition) is 3. The summed E-state index contributed by atoms with van der Waals surface area (Å²) >= 11 is 0. The lowest BCUT2D eigenvalue weighted by Gasteiger charge is -2.30. The number of allylic oxidation sites excluding steroid dienone is 1. The Morgan fingerprint density at radius 1 is 1.39 bits per heavy atom. The monoisotopic (exact) mass is 252 g/mol. The third kappa shape index (κ3) is 4.63. The van der Waals surface area contributed by atoms with E-state index in [1.54, 1.807) is 6.92 Å². The molecule has 0 aromatic rings. The lowest BCUT2D eigenvalue weighted by molar-refractivity contribution is -0.143. The molecule has 3 nitrogen and oxygen atoms in total. The van der Waals surface area contributed by atoms with Crippen molar-refractivity contribution in [1.29, 1.82) is 0 Å². The summed E-state index contributed by atoms with van der Waals surface area (Å²) < 4.78 is 4.89. The fourth-order valence-corrected chi connectivity index (χ4v) is 2.74. The normalized spacial score (nSPS) is 25.2.